The van der Waals surface area contributed by atoms with Crippen LogP contribution in [-0.2, 0) is 4.79 Å². The number of hydrogen-bond acceptors (Lipinski definition) is 6. The molecule has 0 atom stereocenters. The van der Waals surface area contributed by atoms with Crippen LogP contribution in [0.15, 0.2) is 41.6 Å². The zero-order valence-electron chi connectivity index (χ0n) is 13.5. The van der Waals surface area contributed by atoms with Crippen molar-refractivity contribution < 1.29 is 14.5 Å². The summed E-state index contributed by atoms with van der Waals surface area (Å²) in [6.07, 6.45) is 0. The Bertz CT molecular complexity index is 992. The highest BCUT2D eigenvalue weighted by molar-refractivity contribution is 7.99. The number of aromatic nitrogens is 2. The molecule has 0 fully saturated rings. The van der Waals surface area contributed by atoms with Gasteiger partial charge in [0, 0.05) is 17.8 Å². The fraction of sp³-hybridized carbons (Fsp3) is 0.125. The van der Waals surface area contributed by atoms with Gasteiger partial charge in [0.25, 0.3) is 5.69 Å². The summed E-state index contributed by atoms with van der Waals surface area (Å²) in [6.45, 7) is 0. The van der Waals surface area contributed by atoms with Gasteiger partial charge in [-0.1, -0.05) is 23.4 Å². The number of anilines is 1. The first-order valence-corrected chi connectivity index (χ1v) is 8.73. The topological polar surface area (TPSA) is 110 Å². The van der Waals surface area contributed by atoms with Gasteiger partial charge < -0.3 is 15.0 Å². The van der Waals surface area contributed by atoms with E-state index in [-0.39, 0.29) is 22.4 Å². The molecule has 1 heterocycles. The number of fused-ring (bicyclic) bond motifs is 1. The Kier molecular flexibility index (Phi) is 5.29. The number of methoxy groups -OCH3 is 1. The number of ether oxygens (including phenoxy) is 1. The average Bonchev–Trinajstić information content (AvgIpc) is 3.03. The van der Waals surface area contributed by atoms with Gasteiger partial charge in [0.2, 0.25) is 5.91 Å². The van der Waals surface area contributed by atoms with Gasteiger partial charge in [0.05, 0.1) is 28.8 Å². The minimum atomic E-state index is -0.602. The van der Waals surface area contributed by atoms with E-state index in [0.29, 0.717) is 16.6 Å². The molecule has 0 aliphatic rings. The quantitative estimate of drug-likeness (QED) is 0.374. The first-order valence-electron chi connectivity index (χ1n) is 7.36. The Labute approximate surface area is 157 Å². The maximum Gasteiger partial charge on any atom is 0.289 e. The molecule has 1 amide bonds. The number of thioether (sulfide) groups is 1. The zero-order valence-corrected chi connectivity index (χ0v) is 15.1. The summed E-state index contributed by atoms with van der Waals surface area (Å²) in [5, 5.41) is 14.1. The van der Waals surface area contributed by atoms with Crippen molar-refractivity contribution in [1.29, 1.82) is 0 Å². The second-order valence-electron chi connectivity index (χ2n) is 5.19. The van der Waals surface area contributed by atoms with E-state index in [1.807, 2.05) is 12.1 Å². The molecule has 0 radical (unpaired) electrons. The van der Waals surface area contributed by atoms with Gasteiger partial charge in [0.1, 0.15) is 10.8 Å². The number of carbonyl (C=O) groups is 1. The lowest BCUT2D eigenvalue weighted by Gasteiger charge is -2.05. The number of rotatable bonds is 6. The van der Waals surface area contributed by atoms with Gasteiger partial charge in [-0.05, 0) is 24.3 Å². The van der Waals surface area contributed by atoms with E-state index in [1.54, 1.807) is 13.2 Å². The van der Waals surface area contributed by atoms with Crippen molar-refractivity contribution in [1.82, 2.24) is 9.97 Å². The second-order valence-corrected chi connectivity index (χ2v) is 6.56. The van der Waals surface area contributed by atoms with Gasteiger partial charge in [-0.3, -0.25) is 14.9 Å². The van der Waals surface area contributed by atoms with Gasteiger partial charge in [-0.15, -0.1) is 0 Å². The fourth-order valence-corrected chi connectivity index (χ4v) is 3.09. The highest BCUT2D eigenvalue weighted by Crippen LogP contribution is 2.28. The molecule has 10 heteroatoms. The molecule has 0 saturated heterocycles. The lowest BCUT2D eigenvalue weighted by molar-refractivity contribution is -0.384. The predicted molar refractivity (Wildman–Crippen MR) is 100 cm³/mol. The number of carbonyl (C=O) groups excluding carboxylic acids is 1. The Balaban J connectivity index is 1.64. The Morgan fingerprint density at radius 1 is 1.38 bits per heavy atom. The van der Waals surface area contributed by atoms with E-state index in [2.05, 4.69) is 15.3 Å². The van der Waals surface area contributed by atoms with Crippen LogP contribution < -0.4 is 10.1 Å². The first-order chi connectivity index (χ1) is 12.5. The van der Waals surface area contributed by atoms with E-state index in [0.717, 1.165) is 11.0 Å². The Morgan fingerprint density at radius 2 is 2.19 bits per heavy atom. The van der Waals surface area contributed by atoms with E-state index >= 15 is 0 Å². The van der Waals surface area contributed by atoms with Crippen LogP contribution >= 0.6 is 23.4 Å². The van der Waals surface area contributed by atoms with E-state index in [4.69, 9.17) is 16.3 Å². The number of imidazole rings is 1. The normalized spacial score (nSPS) is 10.7. The summed E-state index contributed by atoms with van der Waals surface area (Å²) in [7, 11) is 1.58. The number of benzene rings is 2. The molecule has 0 aliphatic carbocycles. The van der Waals surface area contributed by atoms with Crippen LogP contribution in [0.3, 0.4) is 0 Å². The molecule has 0 saturated carbocycles. The number of halogens is 1. The van der Waals surface area contributed by atoms with Crippen molar-refractivity contribution in [2.75, 3.05) is 18.2 Å². The van der Waals surface area contributed by atoms with Gasteiger partial charge in [-0.25, -0.2) is 4.98 Å². The maximum absolute atomic E-state index is 12.1. The maximum atomic E-state index is 12.1. The fourth-order valence-electron chi connectivity index (χ4n) is 2.22. The van der Waals surface area contributed by atoms with Crippen molar-refractivity contribution in [3.63, 3.8) is 0 Å². The third kappa shape index (κ3) is 4.06. The molecule has 3 rings (SSSR count). The van der Waals surface area contributed by atoms with Gasteiger partial charge in [0.15, 0.2) is 5.16 Å². The number of nitrogens with zero attached hydrogens (tertiary/aromatic N) is 2. The molecular formula is C16H13ClN4O4S. The summed E-state index contributed by atoms with van der Waals surface area (Å²) in [6, 6.07) is 9.54. The molecule has 0 unspecified atom stereocenters. The Hall–Kier alpha value is -2.78. The second kappa shape index (κ2) is 7.63. The summed E-state index contributed by atoms with van der Waals surface area (Å²) >= 11 is 6.97. The van der Waals surface area contributed by atoms with Crippen LogP contribution in [0, 0.1) is 10.1 Å². The largest absolute Gasteiger partial charge is 0.497 e. The SMILES string of the molecule is COc1ccc2nc(SCC(=O)Nc3ccc(Cl)c([N+](=O)[O-])c3)[nH]c2c1. The number of H-pyrrole nitrogens is 1. The molecular weight excluding hydrogens is 380 g/mol. The van der Waals surface area contributed by atoms with Gasteiger partial charge >= 0.3 is 0 Å². The summed E-state index contributed by atoms with van der Waals surface area (Å²) in [5.74, 6) is 0.484. The summed E-state index contributed by atoms with van der Waals surface area (Å²) in [4.78, 5) is 29.8. The number of aromatic amines is 1. The molecule has 1 aromatic heterocycles. The molecule has 26 heavy (non-hydrogen) atoms. The highest BCUT2D eigenvalue weighted by atomic mass is 35.5. The van der Waals surface area contributed by atoms with Crippen molar-refractivity contribution in [3.8, 4) is 5.75 Å². The summed E-state index contributed by atoms with van der Waals surface area (Å²) < 4.78 is 5.15. The van der Waals surface area contributed by atoms with Crippen molar-refractivity contribution in [3.05, 3.63) is 51.5 Å². The van der Waals surface area contributed by atoms with Crippen molar-refractivity contribution >= 4 is 51.7 Å². The minimum Gasteiger partial charge on any atom is -0.497 e. The summed E-state index contributed by atoms with van der Waals surface area (Å²) in [5.41, 5.74) is 1.62. The van der Waals surface area contributed by atoms with Crippen LogP contribution in [0.25, 0.3) is 11.0 Å². The molecule has 0 bridgehead atoms. The molecule has 0 aliphatic heterocycles. The minimum absolute atomic E-state index is 0.0140. The van der Waals surface area contributed by atoms with Crippen molar-refractivity contribution in [2.45, 2.75) is 5.16 Å². The molecule has 2 aromatic carbocycles. The van der Waals surface area contributed by atoms with Crippen LogP contribution in [-0.4, -0.2) is 33.7 Å². The average molecular weight is 393 g/mol. The molecule has 0 spiro atoms. The number of nitro benzene ring substituents is 1. The third-order valence-corrected chi connectivity index (χ3v) is 4.63. The molecule has 2 N–H and O–H groups in total. The third-order valence-electron chi connectivity index (χ3n) is 3.43. The highest BCUT2D eigenvalue weighted by Gasteiger charge is 2.14. The van der Waals surface area contributed by atoms with E-state index in [1.165, 1.54) is 30.0 Å². The van der Waals surface area contributed by atoms with Crippen LogP contribution in [0.4, 0.5) is 11.4 Å². The standard InChI is InChI=1S/C16H13ClN4O4S/c1-25-10-3-5-12-13(7-10)20-16(19-12)26-8-15(22)18-9-2-4-11(17)14(6-9)21(23)24/h2-7H,8H2,1H3,(H,18,22)(H,19,20). The van der Waals surface area contributed by atoms with Gasteiger partial charge in [-0.2, -0.15) is 0 Å². The monoisotopic (exact) mass is 392 g/mol. The lowest BCUT2D eigenvalue weighted by Crippen LogP contribution is -2.14. The molecule has 134 valence electrons. The number of nitro groups is 1. The van der Waals surface area contributed by atoms with Crippen molar-refractivity contribution in [2.24, 2.45) is 0 Å². The van der Waals surface area contributed by atoms with E-state index < -0.39 is 4.92 Å². The van der Waals surface area contributed by atoms with Crippen LogP contribution in [0.1, 0.15) is 0 Å². The smallest absolute Gasteiger partial charge is 0.289 e. The van der Waals surface area contributed by atoms with Crippen LogP contribution in [0.2, 0.25) is 5.02 Å². The predicted octanol–water partition coefficient (Wildman–Crippen LogP) is 3.86. The first kappa shape index (κ1) is 18.0. The number of amides is 1. The van der Waals surface area contributed by atoms with Crippen LogP contribution in [0.5, 0.6) is 5.75 Å². The lowest BCUT2D eigenvalue weighted by atomic mass is 10.3. The number of nitrogens with one attached hydrogen (secondary N) is 2. The zero-order chi connectivity index (χ0) is 18.7. The molecule has 3 aromatic rings. The molecule has 8 nitrogen and oxygen atoms in total. The number of hydrogen-bond donors (Lipinski definition) is 2. The Morgan fingerprint density at radius 3 is 2.92 bits per heavy atom. The van der Waals surface area contributed by atoms with E-state index in [9.17, 15) is 14.9 Å².